The van der Waals surface area contributed by atoms with Crippen molar-refractivity contribution in [3.63, 3.8) is 0 Å². The van der Waals surface area contributed by atoms with E-state index >= 15 is 0 Å². The van der Waals surface area contributed by atoms with Crippen molar-refractivity contribution in [3.8, 4) is 0 Å². The molecule has 2 aliphatic heterocycles. The standard InChI is InChI=1S/C19H26N4O2/c1-2-15-12-23(14-17(15)21-7-9-25-10-8-21)19(24)11-16-13-22-6-4-3-5-18(22)20-16/h3-6,13,15,17H,2,7-12,14H2,1H3/t15-,17-/m0/s1. The van der Waals surface area contributed by atoms with Crippen LogP contribution in [0, 0.1) is 5.92 Å². The first-order valence-corrected chi connectivity index (χ1v) is 9.27. The van der Waals surface area contributed by atoms with E-state index in [0.29, 0.717) is 18.4 Å². The molecule has 25 heavy (non-hydrogen) atoms. The molecule has 2 aromatic heterocycles. The molecule has 0 radical (unpaired) electrons. The van der Waals surface area contributed by atoms with E-state index in [0.717, 1.165) is 57.2 Å². The first kappa shape index (κ1) is 16.5. The topological polar surface area (TPSA) is 50.1 Å². The van der Waals surface area contributed by atoms with Crippen molar-refractivity contribution in [2.45, 2.75) is 25.8 Å². The molecule has 6 heteroatoms. The zero-order valence-corrected chi connectivity index (χ0v) is 14.8. The molecule has 0 aromatic carbocycles. The summed E-state index contributed by atoms with van der Waals surface area (Å²) in [5, 5.41) is 0. The number of amides is 1. The zero-order chi connectivity index (χ0) is 17.2. The summed E-state index contributed by atoms with van der Waals surface area (Å²) < 4.78 is 7.45. The molecule has 0 unspecified atom stereocenters. The Labute approximate surface area is 148 Å². The Hall–Kier alpha value is -1.92. The van der Waals surface area contributed by atoms with Crippen LogP contribution in [0.4, 0.5) is 0 Å². The minimum atomic E-state index is 0.192. The van der Waals surface area contributed by atoms with Crippen molar-refractivity contribution in [1.82, 2.24) is 19.2 Å². The van der Waals surface area contributed by atoms with Gasteiger partial charge in [0.25, 0.3) is 0 Å². The number of nitrogens with zero attached hydrogens (tertiary/aromatic N) is 4. The monoisotopic (exact) mass is 342 g/mol. The summed E-state index contributed by atoms with van der Waals surface area (Å²) in [5.74, 6) is 0.751. The van der Waals surface area contributed by atoms with Crippen LogP contribution in [0.25, 0.3) is 5.65 Å². The summed E-state index contributed by atoms with van der Waals surface area (Å²) in [6.45, 7) is 7.51. The van der Waals surface area contributed by atoms with Crippen molar-refractivity contribution >= 4 is 11.6 Å². The minimum Gasteiger partial charge on any atom is -0.379 e. The van der Waals surface area contributed by atoms with Gasteiger partial charge in [-0.1, -0.05) is 19.4 Å². The van der Waals surface area contributed by atoms with Crippen LogP contribution < -0.4 is 0 Å². The second kappa shape index (κ2) is 7.14. The van der Waals surface area contributed by atoms with E-state index in [-0.39, 0.29) is 5.91 Å². The lowest BCUT2D eigenvalue weighted by Gasteiger charge is -2.34. The van der Waals surface area contributed by atoms with Gasteiger partial charge in [0.15, 0.2) is 0 Å². The predicted molar refractivity (Wildman–Crippen MR) is 95.4 cm³/mol. The van der Waals surface area contributed by atoms with Crippen molar-refractivity contribution in [2.24, 2.45) is 5.92 Å². The Morgan fingerprint density at radius 1 is 1.28 bits per heavy atom. The van der Waals surface area contributed by atoms with Crippen molar-refractivity contribution < 1.29 is 9.53 Å². The molecule has 134 valence electrons. The molecule has 2 aliphatic rings. The molecule has 2 fully saturated rings. The number of morpholine rings is 1. The van der Waals surface area contributed by atoms with Gasteiger partial charge in [-0.05, 0) is 18.1 Å². The first-order chi connectivity index (χ1) is 12.2. The molecule has 2 saturated heterocycles. The molecule has 6 nitrogen and oxygen atoms in total. The van der Waals surface area contributed by atoms with E-state index in [2.05, 4.69) is 16.8 Å². The minimum absolute atomic E-state index is 0.192. The summed E-state index contributed by atoms with van der Waals surface area (Å²) >= 11 is 0. The number of hydrogen-bond acceptors (Lipinski definition) is 4. The number of carbonyl (C=O) groups excluding carboxylic acids is 1. The molecule has 0 saturated carbocycles. The van der Waals surface area contributed by atoms with Crippen LogP contribution in [0.15, 0.2) is 30.6 Å². The second-order valence-corrected chi connectivity index (χ2v) is 7.06. The molecule has 4 heterocycles. The second-order valence-electron chi connectivity index (χ2n) is 7.06. The fourth-order valence-electron chi connectivity index (χ4n) is 4.12. The highest BCUT2D eigenvalue weighted by molar-refractivity contribution is 5.79. The van der Waals surface area contributed by atoms with Crippen LogP contribution in [0.5, 0.6) is 0 Å². The van der Waals surface area contributed by atoms with Crippen molar-refractivity contribution in [2.75, 3.05) is 39.4 Å². The Balaban J connectivity index is 1.43. The van der Waals surface area contributed by atoms with Gasteiger partial charge in [-0.2, -0.15) is 0 Å². The Kier molecular flexibility index (Phi) is 4.72. The molecule has 1 amide bonds. The predicted octanol–water partition coefficient (Wildman–Crippen LogP) is 1.45. The molecule has 0 spiro atoms. The molecule has 2 atom stereocenters. The fraction of sp³-hybridized carbons (Fsp3) is 0.579. The number of fused-ring (bicyclic) bond motifs is 1. The van der Waals surface area contributed by atoms with Gasteiger partial charge in [0.05, 0.1) is 25.3 Å². The number of hydrogen-bond donors (Lipinski definition) is 0. The number of ether oxygens (including phenoxy) is 1. The van der Waals surface area contributed by atoms with Gasteiger partial charge < -0.3 is 14.0 Å². The molecular weight excluding hydrogens is 316 g/mol. The van der Waals surface area contributed by atoms with Gasteiger partial charge in [-0.25, -0.2) is 4.98 Å². The Bertz CT molecular complexity index is 705. The third-order valence-electron chi connectivity index (χ3n) is 5.54. The van der Waals surface area contributed by atoms with Crippen LogP contribution >= 0.6 is 0 Å². The number of likely N-dealkylation sites (tertiary alicyclic amines) is 1. The largest absolute Gasteiger partial charge is 0.379 e. The number of rotatable bonds is 4. The lowest BCUT2D eigenvalue weighted by molar-refractivity contribution is -0.129. The highest BCUT2D eigenvalue weighted by Crippen LogP contribution is 2.26. The van der Waals surface area contributed by atoms with Crippen LogP contribution in [0.3, 0.4) is 0 Å². The van der Waals surface area contributed by atoms with Crippen LogP contribution in [-0.4, -0.2) is 70.5 Å². The molecule has 0 aliphatic carbocycles. The van der Waals surface area contributed by atoms with E-state index in [1.807, 2.05) is 39.9 Å². The van der Waals surface area contributed by atoms with Crippen molar-refractivity contribution in [1.29, 1.82) is 0 Å². The highest BCUT2D eigenvalue weighted by atomic mass is 16.5. The van der Waals surface area contributed by atoms with Gasteiger partial charge >= 0.3 is 0 Å². The number of pyridine rings is 1. The van der Waals surface area contributed by atoms with E-state index < -0.39 is 0 Å². The van der Waals surface area contributed by atoms with E-state index in [4.69, 9.17) is 4.74 Å². The molecule has 0 N–H and O–H groups in total. The van der Waals surface area contributed by atoms with Crippen LogP contribution in [0.1, 0.15) is 19.0 Å². The first-order valence-electron chi connectivity index (χ1n) is 9.27. The van der Waals surface area contributed by atoms with Gasteiger partial charge in [-0.15, -0.1) is 0 Å². The summed E-state index contributed by atoms with van der Waals surface area (Å²) in [4.78, 5) is 21.9. The Morgan fingerprint density at radius 3 is 2.88 bits per heavy atom. The van der Waals surface area contributed by atoms with Crippen molar-refractivity contribution in [3.05, 3.63) is 36.3 Å². The number of imidazole rings is 1. The number of carbonyl (C=O) groups is 1. The van der Waals surface area contributed by atoms with Gasteiger partial charge in [0.2, 0.25) is 5.91 Å². The van der Waals surface area contributed by atoms with Gasteiger partial charge in [0.1, 0.15) is 5.65 Å². The van der Waals surface area contributed by atoms with Gasteiger partial charge in [-0.3, -0.25) is 9.69 Å². The zero-order valence-electron chi connectivity index (χ0n) is 14.8. The number of aromatic nitrogens is 2. The summed E-state index contributed by atoms with van der Waals surface area (Å²) in [7, 11) is 0. The SMILES string of the molecule is CC[C@H]1CN(C(=O)Cc2cn3ccccc3n2)C[C@@H]1N1CCOCC1. The summed E-state index contributed by atoms with van der Waals surface area (Å²) in [5.41, 5.74) is 1.74. The lowest BCUT2D eigenvalue weighted by atomic mass is 9.99. The average Bonchev–Trinajstić information content (AvgIpc) is 3.25. The molecule has 2 aromatic rings. The maximum Gasteiger partial charge on any atom is 0.228 e. The average molecular weight is 342 g/mol. The van der Waals surface area contributed by atoms with E-state index in [9.17, 15) is 4.79 Å². The maximum atomic E-state index is 12.8. The van der Waals surface area contributed by atoms with Gasteiger partial charge in [0, 0.05) is 44.6 Å². The normalized spacial score (nSPS) is 24.9. The molecule has 4 rings (SSSR count). The lowest BCUT2D eigenvalue weighted by Crippen LogP contribution is -2.47. The third kappa shape index (κ3) is 3.41. The summed E-state index contributed by atoms with van der Waals surface area (Å²) in [6, 6.07) is 6.37. The van der Waals surface area contributed by atoms with Crippen LogP contribution in [-0.2, 0) is 16.0 Å². The van der Waals surface area contributed by atoms with E-state index in [1.54, 1.807) is 0 Å². The van der Waals surface area contributed by atoms with E-state index in [1.165, 1.54) is 0 Å². The molecular formula is C19H26N4O2. The molecule has 0 bridgehead atoms. The highest BCUT2D eigenvalue weighted by Gasteiger charge is 2.38. The quantitative estimate of drug-likeness (QED) is 0.844. The fourth-order valence-corrected chi connectivity index (χ4v) is 4.12. The smallest absolute Gasteiger partial charge is 0.228 e. The maximum absolute atomic E-state index is 12.8. The Morgan fingerprint density at radius 2 is 2.12 bits per heavy atom. The summed E-state index contributed by atoms with van der Waals surface area (Å²) in [6.07, 6.45) is 5.42. The third-order valence-corrected chi connectivity index (χ3v) is 5.54. The van der Waals surface area contributed by atoms with Crippen LogP contribution in [0.2, 0.25) is 0 Å².